The molecule has 0 amide bonds. The summed E-state index contributed by atoms with van der Waals surface area (Å²) >= 11 is 0. The van der Waals surface area contributed by atoms with Gasteiger partial charge in [-0.3, -0.25) is 4.79 Å². The molecule has 0 fully saturated rings. The lowest BCUT2D eigenvalue weighted by Gasteiger charge is -2.27. The van der Waals surface area contributed by atoms with Gasteiger partial charge in [-0.15, -0.1) is 0 Å². The van der Waals surface area contributed by atoms with Crippen LogP contribution in [0.2, 0.25) is 0 Å². The Hall–Kier alpha value is -2.49. The predicted octanol–water partition coefficient (Wildman–Crippen LogP) is 7.58. The molecule has 0 radical (unpaired) electrons. The van der Waals surface area contributed by atoms with Gasteiger partial charge in [-0.1, -0.05) is 108 Å². The molecule has 0 aliphatic heterocycles. The third-order valence-electron chi connectivity index (χ3n) is 6.12. The van der Waals surface area contributed by atoms with E-state index in [1.54, 1.807) is 12.2 Å². The van der Waals surface area contributed by atoms with E-state index in [4.69, 9.17) is 4.74 Å². The van der Waals surface area contributed by atoms with Crippen molar-refractivity contribution in [3.63, 3.8) is 0 Å². The van der Waals surface area contributed by atoms with Crippen LogP contribution in [0.15, 0.2) is 97.7 Å². The predicted molar refractivity (Wildman–Crippen MR) is 152 cm³/mol. The molecule has 0 aromatic carbocycles. The van der Waals surface area contributed by atoms with E-state index in [1.807, 2.05) is 30.4 Å². The van der Waals surface area contributed by atoms with Crippen LogP contribution in [0.5, 0.6) is 0 Å². The minimum Gasteiger partial charge on any atom is -0.373 e. The van der Waals surface area contributed by atoms with Crippen molar-refractivity contribution in [2.45, 2.75) is 59.5 Å². The molecule has 0 saturated heterocycles. The van der Waals surface area contributed by atoms with Crippen molar-refractivity contribution in [1.82, 2.24) is 4.90 Å². The van der Waals surface area contributed by atoms with E-state index >= 15 is 0 Å². The molecular formula is C32H47NO2. The number of allylic oxidation sites excluding steroid dienone is 10. The lowest BCUT2D eigenvalue weighted by atomic mass is 9.86. The average molecular weight is 478 g/mol. The van der Waals surface area contributed by atoms with E-state index in [9.17, 15) is 4.79 Å². The van der Waals surface area contributed by atoms with Crippen molar-refractivity contribution in [2.75, 3.05) is 26.2 Å². The minimum atomic E-state index is -0.0270. The molecule has 0 saturated carbocycles. The quantitative estimate of drug-likeness (QED) is 0.123. The Kier molecular flexibility index (Phi) is 14.9. The zero-order valence-electron chi connectivity index (χ0n) is 22.5. The first-order valence-corrected chi connectivity index (χ1v) is 12.9. The molecule has 0 aromatic rings. The summed E-state index contributed by atoms with van der Waals surface area (Å²) < 4.78 is 6.30. The van der Waals surface area contributed by atoms with Crippen molar-refractivity contribution in [3.8, 4) is 0 Å². The van der Waals surface area contributed by atoms with E-state index < -0.39 is 0 Å². The highest BCUT2D eigenvalue weighted by atomic mass is 16.5. The van der Waals surface area contributed by atoms with Crippen molar-refractivity contribution in [2.24, 2.45) is 11.3 Å². The Labute approximate surface area is 215 Å². The highest BCUT2D eigenvalue weighted by Crippen LogP contribution is 2.26. The van der Waals surface area contributed by atoms with E-state index in [1.165, 1.54) is 0 Å². The van der Waals surface area contributed by atoms with Crippen molar-refractivity contribution in [3.05, 3.63) is 97.7 Å². The summed E-state index contributed by atoms with van der Waals surface area (Å²) in [7, 11) is 0. The summed E-state index contributed by atoms with van der Waals surface area (Å²) in [5, 5.41) is 0. The molecule has 1 aliphatic carbocycles. The number of ketones is 1. The van der Waals surface area contributed by atoms with Crippen LogP contribution in [0.3, 0.4) is 0 Å². The number of ether oxygens (including phenoxy) is 1. The van der Waals surface area contributed by atoms with Gasteiger partial charge in [0, 0.05) is 25.5 Å². The van der Waals surface area contributed by atoms with Crippen LogP contribution < -0.4 is 0 Å². The monoisotopic (exact) mass is 477 g/mol. The van der Waals surface area contributed by atoms with Gasteiger partial charge in [0.2, 0.25) is 0 Å². The van der Waals surface area contributed by atoms with Gasteiger partial charge in [-0.05, 0) is 55.0 Å². The second-order valence-electron chi connectivity index (χ2n) is 9.97. The van der Waals surface area contributed by atoms with Crippen LogP contribution >= 0.6 is 0 Å². The molecule has 3 nitrogen and oxygen atoms in total. The fraction of sp³-hybridized carbons (Fsp3) is 0.469. The number of rotatable bonds is 17. The molecule has 0 aromatic heterocycles. The van der Waals surface area contributed by atoms with Gasteiger partial charge in [-0.25, -0.2) is 0 Å². The van der Waals surface area contributed by atoms with E-state index in [-0.39, 0.29) is 17.3 Å². The number of nitrogens with zero attached hydrogens (tertiary/aromatic N) is 1. The highest BCUT2D eigenvalue weighted by molar-refractivity contribution is 5.89. The van der Waals surface area contributed by atoms with Crippen LogP contribution in [-0.2, 0) is 9.53 Å². The largest absolute Gasteiger partial charge is 0.373 e. The molecule has 1 rings (SSSR count). The van der Waals surface area contributed by atoms with E-state index in [2.05, 4.69) is 76.6 Å². The number of carbonyl (C=O) groups is 1. The van der Waals surface area contributed by atoms with Gasteiger partial charge in [0.05, 0.1) is 6.10 Å². The normalized spacial score (nSPS) is 17.4. The van der Waals surface area contributed by atoms with Gasteiger partial charge in [0.25, 0.3) is 0 Å². The van der Waals surface area contributed by atoms with Crippen molar-refractivity contribution in [1.29, 1.82) is 0 Å². The minimum absolute atomic E-state index is 0.0270. The zero-order chi connectivity index (χ0) is 26.1. The number of carbonyl (C=O) groups excluding carboxylic acids is 1. The molecule has 0 bridgehead atoms. The molecular weight excluding hydrogens is 430 g/mol. The smallest absolute Gasteiger partial charge is 0.155 e. The fourth-order valence-corrected chi connectivity index (χ4v) is 3.99. The van der Waals surface area contributed by atoms with Crippen molar-refractivity contribution < 1.29 is 9.53 Å². The summed E-state index contributed by atoms with van der Waals surface area (Å²) in [5.41, 5.74) is 2.13. The molecule has 192 valence electrons. The second kappa shape index (κ2) is 17.0. The second-order valence-corrected chi connectivity index (χ2v) is 9.97. The maximum absolute atomic E-state index is 12.2. The molecule has 2 atom stereocenters. The topological polar surface area (TPSA) is 29.5 Å². The van der Waals surface area contributed by atoms with Crippen LogP contribution in [-0.4, -0.2) is 43.0 Å². The molecule has 3 heteroatoms. The molecule has 1 aliphatic rings. The number of hydrogen-bond acceptors (Lipinski definition) is 3. The maximum Gasteiger partial charge on any atom is 0.155 e. The summed E-state index contributed by atoms with van der Waals surface area (Å²) in [6.45, 7) is 24.0. The van der Waals surface area contributed by atoms with Crippen LogP contribution in [0.4, 0.5) is 0 Å². The van der Waals surface area contributed by atoms with Gasteiger partial charge in [0.1, 0.15) is 0 Å². The Morgan fingerprint density at radius 3 is 2.49 bits per heavy atom. The van der Waals surface area contributed by atoms with Gasteiger partial charge >= 0.3 is 0 Å². The fourth-order valence-electron chi connectivity index (χ4n) is 3.99. The SMILES string of the molecule is C=C/C=C\C(=C)C(OCCCN(CC)CCCC(=O)/C=C/C=C(\C=C)C(C)(C)C)C1C=CC=CC1. The molecule has 35 heavy (non-hydrogen) atoms. The van der Waals surface area contributed by atoms with Gasteiger partial charge < -0.3 is 9.64 Å². The van der Waals surface area contributed by atoms with Crippen LogP contribution in [0.25, 0.3) is 0 Å². The molecule has 2 unspecified atom stereocenters. The van der Waals surface area contributed by atoms with Gasteiger partial charge in [-0.2, -0.15) is 0 Å². The summed E-state index contributed by atoms with van der Waals surface area (Å²) in [6, 6.07) is 0. The first kappa shape index (κ1) is 30.5. The molecule has 0 spiro atoms. The Morgan fingerprint density at radius 1 is 1.14 bits per heavy atom. The highest BCUT2D eigenvalue weighted by Gasteiger charge is 2.21. The molecule has 0 N–H and O–H groups in total. The van der Waals surface area contributed by atoms with Crippen LogP contribution in [0.1, 0.15) is 53.4 Å². The van der Waals surface area contributed by atoms with E-state index in [0.717, 1.165) is 50.0 Å². The summed E-state index contributed by atoms with van der Waals surface area (Å²) in [6.07, 6.45) is 24.9. The zero-order valence-corrected chi connectivity index (χ0v) is 22.5. The average Bonchev–Trinajstić information content (AvgIpc) is 2.83. The third kappa shape index (κ3) is 12.7. The third-order valence-corrected chi connectivity index (χ3v) is 6.12. The summed E-state index contributed by atoms with van der Waals surface area (Å²) in [5.74, 6) is 0.477. The van der Waals surface area contributed by atoms with Gasteiger partial charge in [0.15, 0.2) is 5.78 Å². The standard InChI is InChI=1S/C32H47NO2/c1-8-11-18-27(4)31(28-19-13-12-14-20-28)35-26-17-25-33(10-3)24-16-23-30(34)22-15-21-29(9-2)32(5,6)7/h8-9,11-15,18-19,21-22,28,31H,1-2,4,10,16-17,20,23-26H2,3,5-7H3/b18-11-,22-15+,29-21+. The van der Waals surface area contributed by atoms with E-state index in [0.29, 0.717) is 18.9 Å². The first-order chi connectivity index (χ1) is 16.7. The first-order valence-electron chi connectivity index (χ1n) is 12.9. The van der Waals surface area contributed by atoms with Crippen molar-refractivity contribution >= 4 is 5.78 Å². The Morgan fingerprint density at radius 2 is 1.89 bits per heavy atom. The lowest BCUT2D eigenvalue weighted by Crippen LogP contribution is -2.29. The summed E-state index contributed by atoms with van der Waals surface area (Å²) in [4.78, 5) is 14.6. The Bertz CT molecular complexity index is 832. The maximum atomic E-state index is 12.2. The lowest BCUT2D eigenvalue weighted by molar-refractivity contribution is -0.114. The Balaban J connectivity index is 2.44. The van der Waals surface area contributed by atoms with Crippen LogP contribution in [0, 0.1) is 11.3 Å². The number of hydrogen-bond donors (Lipinski definition) is 0. The molecule has 0 heterocycles.